The van der Waals surface area contributed by atoms with Gasteiger partial charge in [-0.05, 0) is 57.3 Å². The van der Waals surface area contributed by atoms with Gasteiger partial charge in [0.2, 0.25) is 29.5 Å². The molecule has 14 nitrogen and oxygen atoms in total. The van der Waals surface area contributed by atoms with E-state index in [0.29, 0.717) is 25.9 Å². The van der Waals surface area contributed by atoms with E-state index in [1.807, 2.05) is 13.8 Å². The molecular formula is C32H55N5O9. The Hall–Kier alpha value is -3.71. The average molecular weight is 654 g/mol. The number of nitrogens with one attached hydrogen (secondary N) is 4. The molecule has 1 aliphatic rings. The number of carboxylic acid groups (broad SMARTS) is 2. The first-order valence-corrected chi connectivity index (χ1v) is 16.1. The third kappa shape index (κ3) is 11.6. The first-order chi connectivity index (χ1) is 21.2. The van der Waals surface area contributed by atoms with Crippen LogP contribution in [0, 0.1) is 22.7 Å². The molecule has 0 saturated carbocycles. The van der Waals surface area contributed by atoms with Crippen molar-refractivity contribution in [2.45, 2.75) is 125 Å². The van der Waals surface area contributed by atoms with E-state index in [2.05, 4.69) is 21.3 Å². The molecule has 0 radical (unpaired) electrons. The van der Waals surface area contributed by atoms with Gasteiger partial charge in [0.25, 0.3) is 0 Å². The second kappa shape index (κ2) is 17.3. The molecule has 0 unspecified atom stereocenters. The zero-order chi connectivity index (χ0) is 35.6. The lowest BCUT2D eigenvalue weighted by molar-refractivity contribution is -0.153. The lowest BCUT2D eigenvalue weighted by atomic mass is 9.83. The van der Waals surface area contributed by atoms with Crippen molar-refractivity contribution >= 4 is 41.5 Å². The maximum Gasteiger partial charge on any atom is 0.326 e. The van der Waals surface area contributed by atoms with Gasteiger partial charge in [-0.3, -0.25) is 28.8 Å². The fourth-order valence-electron chi connectivity index (χ4n) is 5.22. The van der Waals surface area contributed by atoms with E-state index in [0.717, 1.165) is 12.8 Å². The molecule has 0 aromatic rings. The van der Waals surface area contributed by atoms with Crippen molar-refractivity contribution in [1.29, 1.82) is 0 Å². The Labute approximate surface area is 272 Å². The minimum Gasteiger partial charge on any atom is -0.481 e. The van der Waals surface area contributed by atoms with Crippen molar-refractivity contribution in [3.8, 4) is 0 Å². The van der Waals surface area contributed by atoms with E-state index in [-0.39, 0.29) is 24.2 Å². The van der Waals surface area contributed by atoms with Gasteiger partial charge in [-0.15, -0.1) is 0 Å². The van der Waals surface area contributed by atoms with Crippen LogP contribution in [0.15, 0.2) is 0 Å². The van der Waals surface area contributed by atoms with Gasteiger partial charge in [0.1, 0.15) is 24.2 Å². The molecule has 1 fully saturated rings. The standard InChI is InChI=1S/C32H55N5O9/c1-10-19(11-2)25(39)35-23(31(5,6)7)27(41)33-20(17-22(38)37-14-12-13-15-37)26(40)36-24(32(8,9)30(45)46)28(42)34-21(29(43)44)16-18(3)4/h18-21,23-24H,10-17H2,1-9H3,(H,33,41)(H,34,42)(H,35,39)(H,36,40)(H,43,44)(H,45,46)/t20-,21-,23+,24+/m0/s1. The summed E-state index contributed by atoms with van der Waals surface area (Å²) in [6, 6.07) is -5.77. The predicted octanol–water partition coefficient (Wildman–Crippen LogP) is 1.66. The Morgan fingerprint density at radius 1 is 0.696 bits per heavy atom. The fraction of sp³-hybridized carbons (Fsp3) is 0.781. The molecule has 5 amide bonds. The molecule has 0 aromatic heterocycles. The number of hydrogen-bond donors (Lipinski definition) is 6. The van der Waals surface area contributed by atoms with Gasteiger partial charge >= 0.3 is 11.9 Å². The summed E-state index contributed by atoms with van der Waals surface area (Å²) in [6.45, 7) is 15.8. The van der Waals surface area contributed by atoms with Crippen LogP contribution in [0.5, 0.6) is 0 Å². The van der Waals surface area contributed by atoms with Crippen LogP contribution < -0.4 is 21.3 Å². The Bertz CT molecular complexity index is 1120. The molecule has 4 atom stereocenters. The quantitative estimate of drug-likeness (QED) is 0.135. The zero-order valence-corrected chi connectivity index (χ0v) is 28.8. The van der Waals surface area contributed by atoms with E-state index in [1.54, 1.807) is 39.5 Å². The molecule has 0 aliphatic carbocycles. The number of hydrogen-bond acceptors (Lipinski definition) is 7. The molecule has 14 heteroatoms. The summed E-state index contributed by atoms with van der Waals surface area (Å²) in [4.78, 5) is 92.8. The highest BCUT2D eigenvalue weighted by molar-refractivity contribution is 5.99. The highest BCUT2D eigenvalue weighted by Crippen LogP contribution is 2.24. The number of rotatable bonds is 17. The second-order valence-corrected chi connectivity index (χ2v) is 14.2. The van der Waals surface area contributed by atoms with Gasteiger partial charge in [-0.25, -0.2) is 4.79 Å². The van der Waals surface area contributed by atoms with E-state index in [9.17, 15) is 43.8 Å². The SMILES string of the molecule is CCC(CC)C(=O)N[C@H](C(=O)N[C@@H](CC(=O)N1CCCC1)C(=O)N[C@H](C(=O)N[C@@H](CC(C)C)C(=O)O)C(C)(C)C(=O)O)C(C)(C)C. The normalized spacial score (nSPS) is 16.3. The summed E-state index contributed by atoms with van der Waals surface area (Å²) in [5.74, 6) is -6.78. The minimum absolute atomic E-state index is 0.0507. The van der Waals surface area contributed by atoms with Gasteiger partial charge in [0, 0.05) is 19.0 Å². The van der Waals surface area contributed by atoms with E-state index in [1.165, 1.54) is 13.8 Å². The fourth-order valence-corrected chi connectivity index (χ4v) is 5.22. The molecule has 262 valence electrons. The molecule has 1 rings (SSSR count). The van der Waals surface area contributed by atoms with Crippen LogP contribution in [-0.4, -0.2) is 93.8 Å². The second-order valence-electron chi connectivity index (χ2n) is 14.2. The topological polar surface area (TPSA) is 211 Å². The zero-order valence-electron chi connectivity index (χ0n) is 28.8. The number of amides is 5. The van der Waals surface area contributed by atoms with Crippen LogP contribution in [0.2, 0.25) is 0 Å². The summed E-state index contributed by atoms with van der Waals surface area (Å²) in [5, 5.41) is 29.7. The van der Waals surface area contributed by atoms with Gasteiger partial charge in [-0.2, -0.15) is 0 Å². The smallest absolute Gasteiger partial charge is 0.326 e. The Balaban J connectivity index is 3.47. The van der Waals surface area contributed by atoms with Crippen molar-refractivity contribution in [2.75, 3.05) is 13.1 Å². The lowest BCUT2D eigenvalue weighted by Crippen LogP contribution is -2.63. The Kier molecular flexibility index (Phi) is 15.1. The van der Waals surface area contributed by atoms with Crippen molar-refractivity contribution in [3.63, 3.8) is 0 Å². The molecule has 1 aliphatic heterocycles. The monoisotopic (exact) mass is 653 g/mol. The maximum absolute atomic E-state index is 13.8. The first kappa shape index (κ1) is 40.3. The summed E-state index contributed by atoms with van der Waals surface area (Å²) < 4.78 is 0. The van der Waals surface area contributed by atoms with E-state index >= 15 is 0 Å². The Morgan fingerprint density at radius 2 is 1.17 bits per heavy atom. The highest BCUT2D eigenvalue weighted by Gasteiger charge is 2.45. The predicted molar refractivity (Wildman–Crippen MR) is 170 cm³/mol. The van der Waals surface area contributed by atoms with Crippen LogP contribution in [-0.2, 0) is 33.6 Å². The molecule has 6 N–H and O–H groups in total. The number of likely N-dealkylation sites (tertiary alicyclic amines) is 1. The molecule has 0 aromatic carbocycles. The summed E-state index contributed by atoms with van der Waals surface area (Å²) in [6.07, 6.45) is 2.23. The van der Waals surface area contributed by atoms with Crippen LogP contribution in [0.25, 0.3) is 0 Å². The van der Waals surface area contributed by atoms with Gasteiger partial charge < -0.3 is 36.4 Å². The number of carbonyl (C=O) groups excluding carboxylic acids is 5. The van der Waals surface area contributed by atoms with Crippen LogP contribution in [0.3, 0.4) is 0 Å². The number of aliphatic carboxylic acids is 2. The number of carboxylic acids is 2. The number of nitrogens with zero attached hydrogens (tertiary/aromatic N) is 1. The van der Waals surface area contributed by atoms with Crippen molar-refractivity contribution in [2.24, 2.45) is 22.7 Å². The van der Waals surface area contributed by atoms with E-state index < -0.39 is 77.0 Å². The van der Waals surface area contributed by atoms with Crippen molar-refractivity contribution in [1.82, 2.24) is 26.2 Å². The molecule has 0 bridgehead atoms. The van der Waals surface area contributed by atoms with Gasteiger partial charge in [0.15, 0.2) is 0 Å². The van der Waals surface area contributed by atoms with Crippen LogP contribution in [0.1, 0.15) is 101 Å². The lowest BCUT2D eigenvalue weighted by Gasteiger charge is -2.34. The van der Waals surface area contributed by atoms with Crippen molar-refractivity contribution < 1.29 is 43.8 Å². The largest absolute Gasteiger partial charge is 0.481 e. The number of carbonyl (C=O) groups is 7. The highest BCUT2D eigenvalue weighted by atomic mass is 16.4. The molecule has 1 heterocycles. The van der Waals surface area contributed by atoms with Crippen LogP contribution >= 0.6 is 0 Å². The Morgan fingerprint density at radius 3 is 1.61 bits per heavy atom. The van der Waals surface area contributed by atoms with Gasteiger partial charge in [0.05, 0.1) is 11.8 Å². The third-order valence-corrected chi connectivity index (χ3v) is 8.39. The van der Waals surface area contributed by atoms with Gasteiger partial charge in [-0.1, -0.05) is 48.5 Å². The minimum atomic E-state index is -1.93. The maximum atomic E-state index is 13.8. The first-order valence-electron chi connectivity index (χ1n) is 16.1. The van der Waals surface area contributed by atoms with Crippen molar-refractivity contribution in [3.05, 3.63) is 0 Å². The third-order valence-electron chi connectivity index (χ3n) is 8.39. The summed E-state index contributed by atoms with van der Waals surface area (Å²) in [5.41, 5.74) is -2.73. The molecule has 46 heavy (non-hydrogen) atoms. The average Bonchev–Trinajstić information content (AvgIpc) is 3.48. The molecule has 1 saturated heterocycles. The molecule has 0 spiro atoms. The van der Waals surface area contributed by atoms with Crippen LogP contribution in [0.4, 0.5) is 0 Å². The summed E-state index contributed by atoms with van der Waals surface area (Å²) >= 11 is 0. The molecular weight excluding hydrogens is 598 g/mol. The summed E-state index contributed by atoms with van der Waals surface area (Å²) in [7, 11) is 0. The van der Waals surface area contributed by atoms with E-state index in [4.69, 9.17) is 0 Å².